The van der Waals surface area contributed by atoms with Crippen molar-refractivity contribution in [3.63, 3.8) is 0 Å². The smallest absolute Gasteiger partial charge is 0.127 e. The van der Waals surface area contributed by atoms with Crippen molar-refractivity contribution in [3.05, 3.63) is 54.6 Å². The molecule has 0 radical (unpaired) electrons. The molecule has 0 saturated carbocycles. The number of hydrogen-bond donors (Lipinski definition) is 0. The van der Waals surface area contributed by atoms with Gasteiger partial charge in [0, 0.05) is 5.30 Å². The predicted molar refractivity (Wildman–Crippen MR) is 85.4 cm³/mol. The van der Waals surface area contributed by atoms with Gasteiger partial charge in [-0.05, 0) is 32.4 Å². The maximum atomic E-state index is 5.80. The van der Waals surface area contributed by atoms with E-state index in [2.05, 4.69) is 61.5 Å². The Hall–Kier alpha value is -1.33. The number of ether oxygens (including phenoxy) is 1. The van der Waals surface area contributed by atoms with Gasteiger partial charge in [-0.1, -0.05) is 61.9 Å². The van der Waals surface area contributed by atoms with Crippen molar-refractivity contribution in [2.75, 3.05) is 12.8 Å². The van der Waals surface area contributed by atoms with Gasteiger partial charge in [-0.15, -0.1) is 0 Å². The van der Waals surface area contributed by atoms with Crippen molar-refractivity contribution < 1.29 is 4.74 Å². The van der Waals surface area contributed by atoms with Crippen LogP contribution in [0.5, 0.6) is 5.75 Å². The molecule has 0 aromatic heterocycles. The zero-order valence-electron chi connectivity index (χ0n) is 11.7. The molecule has 2 aromatic carbocycles. The van der Waals surface area contributed by atoms with Crippen LogP contribution in [-0.4, -0.2) is 12.8 Å². The van der Waals surface area contributed by atoms with Crippen LogP contribution in [-0.2, 0) is 0 Å². The second-order valence-electron chi connectivity index (χ2n) is 4.39. The van der Waals surface area contributed by atoms with Crippen molar-refractivity contribution in [2.45, 2.75) is 20.3 Å². The summed E-state index contributed by atoms with van der Waals surface area (Å²) in [5.74, 6) is 1.05. The Morgan fingerprint density at radius 1 is 0.895 bits per heavy atom. The van der Waals surface area contributed by atoms with Gasteiger partial charge in [0.2, 0.25) is 0 Å². The Morgan fingerprint density at radius 3 is 2.26 bits per heavy atom. The van der Waals surface area contributed by atoms with Crippen molar-refractivity contribution in [2.24, 2.45) is 0 Å². The Labute approximate surface area is 117 Å². The first-order valence-corrected chi connectivity index (χ1v) is 8.44. The molecule has 19 heavy (non-hydrogen) atoms. The van der Waals surface area contributed by atoms with Gasteiger partial charge in [-0.2, -0.15) is 0 Å². The molecule has 0 aliphatic heterocycles. The molecule has 1 nitrogen and oxygen atoms in total. The first kappa shape index (κ1) is 14.1. The highest BCUT2D eigenvalue weighted by Crippen LogP contribution is 2.37. The SMILES string of the molecule is CCCP(c1ccccc1)c1ccccc1OCC. The predicted octanol–water partition coefficient (Wildman–Crippen LogP) is 3.93. The van der Waals surface area contributed by atoms with E-state index < -0.39 is 0 Å². The summed E-state index contributed by atoms with van der Waals surface area (Å²) in [5, 5.41) is 2.80. The van der Waals surface area contributed by atoms with E-state index in [1.54, 1.807) is 0 Å². The molecule has 0 heterocycles. The summed E-state index contributed by atoms with van der Waals surface area (Å²) in [6.45, 7) is 5.02. The standard InChI is InChI=1S/C17H21OP/c1-3-14-19(15-10-6-5-7-11-15)17-13-9-8-12-16(17)18-4-2/h5-13H,3-4,14H2,1-2H3. The molecule has 1 atom stereocenters. The number of hydrogen-bond acceptors (Lipinski definition) is 1. The summed E-state index contributed by atoms with van der Waals surface area (Å²) < 4.78 is 5.80. The van der Waals surface area contributed by atoms with E-state index in [-0.39, 0.29) is 7.92 Å². The van der Waals surface area contributed by atoms with Gasteiger partial charge in [-0.3, -0.25) is 0 Å². The zero-order chi connectivity index (χ0) is 13.5. The van der Waals surface area contributed by atoms with E-state index in [9.17, 15) is 0 Å². The number of para-hydroxylation sites is 1. The summed E-state index contributed by atoms with van der Waals surface area (Å²) >= 11 is 0. The lowest BCUT2D eigenvalue weighted by molar-refractivity contribution is 0.343. The molecule has 0 amide bonds. The molecule has 100 valence electrons. The van der Waals surface area contributed by atoms with Gasteiger partial charge in [0.15, 0.2) is 0 Å². The molecule has 2 heteroatoms. The Bertz CT molecular complexity index is 496. The Balaban J connectivity index is 2.39. The third-order valence-corrected chi connectivity index (χ3v) is 5.74. The minimum atomic E-state index is -0.308. The van der Waals surface area contributed by atoms with E-state index in [1.807, 2.05) is 6.92 Å². The van der Waals surface area contributed by atoms with Crippen LogP contribution in [0.1, 0.15) is 20.3 Å². The quantitative estimate of drug-likeness (QED) is 0.724. The van der Waals surface area contributed by atoms with Gasteiger partial charge in [0.1, 0.15) is 5.75 Å². The third-order valence-electron chi connectivity index (χ3n) is 2.97. The highest BCUT2D eigenvalue weighted by molar-refractivity contribution is 7.73. The maximum absolute atomic E-state index is 5.80. The van der Waals surface area contributed by atoms with Crippen LogP contribution < -0.4 is 15.3 Å². The number of benzene rings is 2. The van der Waals surface area contributed by atoms with Gasteiger partial charge in [0.25, 0.3) is 0 Å². The average molecular weight is 272 g/mol. The fraction of sp³-hybridized carbons (Fsp3) is 0.294. The fourth-order valence-electron chi connectivity index (χ4n) is 2.18. The molecule has 0 bridgehead atoms. The van der Waals surface area contributed by atoms with E-state index >= 15 is 0 Å². The van der Waals surface area contributed by atoms with E-state index in [0.717, 1.165) is 12.4 Å². The Morgan fingerprint density at radius 2 is 1.58 bits per heavy atom. The molecular weight excluding hydrogens is 251 g/mol. The van der Waals surface area contributed by atoms with Gasteiger partial charge < -0.3 is 4.74 Å². The summed E-state index contributed by atoms with van der Waals surface area (Å²) in [6.07, 6.45) is 2.41. The lowest BCUT2D eigenvalue weighted by atomic mass is 10.3. The molecule has 0 aliphatic carbocycles. The van der Waals surface area contributed by atoms with Crippen LogP contribution in [0.3, 0.4) is 0 Å². The molecular formula is C17H21OP. The lowest BCUT2D eigenvalue weighted by Crippen LogP contribution is -2.16. The minimum absolute atomic E-state index is 0.308. The summed E-state index contributed by atoms with van der Waals surface area (Å²) in [4.78, 5) is 0. The van der Waals surface area contributed by atoms with Crippen LogP contribution in [0.25, 0.3) is 0 Å². The molecule has 0 aliphatic rings. The summed E-state index contributed by atoms with van der Waals surface area (Å²) in [6, 6.07) is 19.3. The van der Waals surface area contributed by atoms with Crippen LogP contribution in [0.15, 0.2) is 54.6 Å². The monoisotopic (exact) mass is 272 g/mol. The van der Waals surface area contributed by atoms with Crippen molar-refractivity contribution in [3.8, 4) is 5.75 Å². The second kappa shape index (κ2) is 7.31. The van der Waals surface area contributed by atoms with Crippen molar-refractivity contribution in [1.29, 1.82) is 0 Å². The first-order chi connectivity index (χ1) is 9.36. The molecule has 2 rings (SSSR count). The first-order valence-electron chi connectivity index (χ1n) is 6.91. The molecule has 2 aromatic rings. The normalized spacial score (nSPS) is 12.1. The Kier molecular flexibility index (Phi) is 5.42. The van der Waals surface area contributed by atoms with Crippen molar-refractivity contribution >= 4 is 18.5 Å². The maximum Gasteiger partial charge on any atom is 0.127 e. The van der Waals surface area contributed by atoms with Crippen LogP contribution in [0.2, 0.25) is 0 Å². The van der Waals surface area contributed by atoms with Gasteiger partial charge in [0.05, 0.1) is 6.61 Å². The molecule has 0 fully saturated rings. The van der Waals surface area contributed by atoms with Crippen LogP contribution >= 0.6 is 7.92 Å². The van der Waals surface area contributed by atoms with E-state index in [4.69, 9.17) is 4.74 Å². The minimum Gasteiger partial charge on any atom is -0.493 e. The molecule has 1 unspecified atom stereocenters. The molecule has 0 N–H and O–H groups in total. The average Bonchev–Trinajstić information content (AvgIpc) is 2.47. The molecule has 0 spiro atoms. The fourth-order valence-corrected chi connectivity index (χ4v) is 4.61. The van der Waals surface area contributed by atoms with E-state index in [1.165, 1.54) is 23.2 Å². The van der Waals surface area contributed by atoms with Crippen LogP contribution in [0.4, 0.5) is 0 Å². The second-order valence-corrected chi connectivity index (χ2v) is 6.69. The van der Waals surface area contributed by atoms with Gasteiger partial charge in [-0.25, -0.2) is 0 Å². The largest absolute Gasteiger partial charge is 0.493 e. The summed E-state index contributed by atoms with van der Waals surface area (Å²) in [7, 11) is -0.308. The topological polar surface area (TPSA) is 9.23 Å². The molecule has 0 saturated heterocycles. The lowest BCUT2D eigenvalue weighted by Gasteiger charge is -2.20. The number of rotatable bonds is 6. The summed E-state index contributed by atoms with van der Waals surface area (Å²) in [5.41, 5.74) is 0. The van der Waals surface area contributed by atoms with Gasteiger partial charge >= 0.3 is 0 Å². The van der Waals surface area contributed by atoms with Crippen molar-refractivity contribution in [1.82, 2.24) is 0 Å². The highest BCUT2D eigenvalue weighted by Gasteiger charge is 2.16. The third kappa shape index (κ3) is 3.58. The van der Waals surface area contributed by atoms with Crippen LogP contribution in [0, 0.1) is 0 Å². The highest BCUT2D eigenvalue weighted by atomic mass is 31.1. The zero-order valence-corrected chi connectivity index (χ0v) is 12.6. The van der Waals surface area contributed by atoms with E-state index in [0.29, 0.717) is 0 Å².